The second-order valence-corrected chi connectivity index (χ2v) is 6.65. The summed E-state index contributed by atoms with van der Waals surface area (Å²) < 4.78 is 0. The second kappa shape index (κ2) is 7.81. The summed E-state index contributed by atoms with van der Waals surface area (Å²) in [6, 6.07) is 9.79. The number of rotatable bonds is 5. The molecule has 0 aromatic heterocycles. The van der Waals surface area contributed by atoms with E-state index in [1.807, 2.05) is 26.8 Å². The Morgan fingerprint density at radius 1 is 1.24 bits per heavy atom. The van der Waals surface area contributed by atoms with E-state index in [9.17, 15) is 14.9 Å². The van der Waals surface area contributed by atoms with Crippen LogP contribution in [0, 0.1) is 42.2 Å². The zero-order chi connectivity index (χ0) is 18.6. The highest BCUT2D eigenvalue weighted by Crippen LogP contribution is 2.28. The molecule has 128 valence electrons. The molecule has 0 bridgehead atoms. The molecule has 1 amide bonds. The summed E-state index contributed by atoms with van der Waals surface area (Å²) in [4.78, 5) is 23.4. The number of nitriles is 1. The minimum absolute atomic E-state index is 0.0650. The minimum atomic E-state index is -0.578. The molecule has 7 heteroatoms. The Morgan fingerprint density at radius 3 is 2.44 bits per heavy atom. The Kier molecular flexibility index (Phi) is 5.78. The van der Waals surface area contributed by atoms with Gasteiger partial charge in [0.15, 0.2) is 0 Å². The molecular formula is C18H17N3O3S. The monoisotopic (exact) mass is 355 g/mol. The molecule has 0 saturated carbocycles. The van der Waals surface area contributed by atoms with Crippen LogP contribution in [0.3, 0.4) is 0 Å². The first-order valence-electron chi connectivity index (χ1n) is 7.51. The van der Waals surface area contributed by atoms with Crippen LogP contribution in [0.4, 0.5) is 11.4 Å². The highest BCUT2D eigenvalue weighted by Gasteiger charge is 2.13. The van der Waals surface area contributed by atoms with Gasteiger partial charge in [0.05, 0.1) is 21.9 Å². The molecule has 0 aliphatic rings. The third-order valence-electron chi connectivity index (χ3n) is 3.56. The van der Waals surface area contributed by atoms with Gasteiger partial charge >= 0.3 is 0 Å². The van der Waals surface area contributed by atoms with Crippen LogP contribution in [-0.2, 0) is 4.79 Å². The van der Waals surface area contributed by atoms with E-state index in [1.165, 1.54) is 29.5 Å². The van der Waals surface area contributed by atoms with Gasteiger partial charge in [0, 0.05) is 17.0 Å². The molecule has 0 saturated heterocycles. The van der Waals surface area contributed by atoms with Crippen molar-refractivity contribution in [2.24, 2.45) is 0 Å². The molecule has 0 spiro atoms. The van der Waals surface area contributed by atoms with Crippen molar-refractivity contribution >= 4 is 29.0 Å². The van der Waals surface area contributed by atoms with Crippen molar-refractivity contribution in [2.45, 2.75) is 25.7 Å². The normalized spacial score (nSPS) is 10.2. The SMILES string of the molecule is Cc1cc(C)c(SCC(=O)Nc2ccc([N+](=O)[O-])cc2C#N)c(C)c1. The third kappa shape index (κ3) is 4.58. The molecule has 0 radical (unpaired) electrons. The maximum Gasteiger partial charge on any atom is 0.270 e. The summed E-state index contributed by atoms with van der Waals surface area (Å²) >= 11 is 1.43. The lowest BCUT2D eigenvalue weighted by atomic mass is 10.1. The van der Waals surface area contributed by atoms with Crippen LogP contribution in [0.25, 0.3) is 0 Å². The van der Waals surface area contributed by atoms with Crippen LogP contribution >= 0.6 is 11.8 Å². The number of thioether (sulfide) groups is 1. The predicted octanol–water partition coefficient (Wildman–Crippen LogP) is 4.12. The molecule has 0 atom stereocenters. The molecule has 0 fully saturated rings. The fourth-order valence-corrected chi connectivity index (χ4v) is 3.49. The number of nitro groups is 1. The Bertz CT molecular complexity index is 865. The summed E-state index contributed by atoms with van der Waals surface area (Å²) in [7, 11) is 0. The van der Waals surface area contributed by atoms with Gasteiger partial charge in [-0.1, -0.05) is 17.7 Å². The molecular weight excluding hydrogens is 338 g/mol. The second-order valence-electron chi connectivity index (χ2n) is 5.66. The molecule has 0 heterocycles. The van der Waals surface area contributed by atoms with Crippen molar-refractivity contribution in [2.75, 3.05) is 11.1 Å². The molecule has 1 N–H and O–H groups in total. The number of amides is 1. The average molecular weight is 355 g/mol. The summed E-state index contributed by atoms with van der Waals surface area (Å²) in [5.74, 6) is -0.0817. The van der Waals surface area contributed by atoms with Gasteiger partial charge in [0.25, 0.3) is 5.69 Å². The number of non-ortho nitro benzene ring substituents is 1. The molecule has 2 aromatic rings. The fourth-order valence-electron chi connectivity index (χ4n) is 2.57. The number of carbonyl (C=O) groups excluding carboxylic acids is 1. The zero-order valence-corrected chi connectivity index (χ0v) is 14.9. The summed E-state index contributed by atoms with van der Waals surface area (Å²) in [5.41, 5.74) is 3.56. The molecule has 6 nitrogen and oxygen atoms in total. The van der Waals surface area contributed by atoms with E-state index in [0.29, 0.717) is 0 Å². The number of carbonyl (C=O) groups is 1. The van der Waals surface area contributed by atoms with E-state index in [2.05, 4.69) is 17.4 Å². The maximum atomic E-state index is 12.2. The van der Waals surface area contributed by atoms with E-state index in [0.717, 1.165) is 22.1 Å². The fraction of sp³-hybridized carbons (Fsp3) is 0.222. The maximum absolute atomic E-state index is 12.2. The Labute approximate surface area is 150 Å². The molecule has 0 unspecified atom stereocenters. The molecule has 2 rings (SSSR count). The minimum Gasteiger partial charge on any atom is -0.324 e. The lowest BCUT2D eigenvalue weighted by Crippen LogP contribution is -2.15. The summed E-state index contributed by atoms with van der Waals surface area (Å²) in [6.45, 7) is 6.04. The van der Waals surface area contributed by atoms with Crippen molar-refractivity contribution in [1.82, 2.24) is 0 Å². The van der Waals surface area contributed by atoms with Gasteiger partial charge in [-0.2, -0.15) is 5.26 Å². The number of nitrogens with one attached hydrogen (secondary N) is 1. The molecule has 25 heavy (non-hydrogen) atoms. The van der Waals surface area contributed by atoms with Gasteiger partial charge in [-0.05, 0) is 38.0 Å². The number of benzene rings is 2. The quantitative estimate of drug-likeness (QED) is 0.494. The van der Waals surface area contributed by atoms with Gasteiger partial charge in [-0.25, -0.2) is 0 Å². The van der Waals surface area contributed by atoms with Crippen molar-refractivity contribution in [3.05, 3.63) is 62.7 Å². The lowest BCUT2D eigenvalue weighted by molar-refractivity contribution is -0.384. The van der Waals surface area contributed by atoms with Crippen LogP contribution in [0.15, 0.2) is 35.2 Å². The van der Waals surface area contributed by atoms with Gasteiger partial charge in [0.1, 0.15) is 6.07 Å². The molecule has 2 aromatic carbocycles. The first kappa shape index (κ1) is 18.5. The Hall–Kier alpha value is -2.85. The Morgan fingerprint density at radius 2 is 1.88 bits per heavy atom. The van der Waals surface area contributed by atoms with Crippen molar-refractivity contribution < 1.29 is 9.72 Å². The van der Waals surface area contributed by atoms with Crippen LogP contribution in [0.5, 0.6) is 0 Å². The topological polar surface area (TPSA) is 96.0 Å². The highest BCUT2D eigenvalue weighted by atomic mass is 32.2. The number of nitro benzene ring substituents is 1. The van der Waals surface area contributed by atoms with E-state index in [4.69, 9.17) is 5.26 Å². The van der Waals surface area contributed by atoms with Gasteiger partial charge in [-0.3, -0.25) is 14.9 Å². The van der Waals surface area contributed by atoms with Gasteiger partial charge in [0.2, 0.25) is 5.91 Å². The third-order valence-corrected chi connectivity index (χ3v) is 4.90. The first-order chi connectivity index (χ1) is 11.8. The Balaban J connectivity index is 2.09. The standard InChI is InChI=1S/C18H17N3O3S/c1-11-6-12(2)18(13(3)7-11)25-10-17(22)20-16-5-4-15(21(23)24)8-14(16)9-19/h4-8H,10H2,1-3H3,(H,20,22). The number of aryl methyl sites for hydroxylation is 3. The van der Waals surface area contributed by atoms with Gasteiger partial charge < -0.3 is 5.32 Å². The summed E-state index contributed by atoms with van der Waals surface area (Å²) in [5, 5.41) is 22.5. The average Bonchev–Trinajstić information content (AvgIpc) is 2.53. The van der Waals surface area contributed by atoms with E-state index >= 15 is 0 Å². The number of anilines is 1. The number of nitrogens with zero attached hydrogens (tertiary/aromatic N) is 2. The largest absolute Gasteiger partial charge is 0.324 e. The lowest BCUT2D eigenvalue weighted by Gasteiger charge is -2.11. The van der Waals surface area contributed by atoms with Crippen LogP contribution in [0.1, 0.15) is 22.3 Å². The smallest absolute Gasteiger partial charge is 0.270 e. The molecule has 0 aliphatic carbocycles. The van der Waals surface area contributed by atoms with Crippen molar-refractivity contribution in [3.8, 4) is 6.07 Å². The first-order valence-corrected chi connectivity index (χ1v) is 8.49. The van der Waals surface area contributed by atoms with E-state index in [-0.39, 0.29) is 28.6 Å². The number of hydrogen-bond acceptors (Lipinski definition) is 5. The van der Waals surface area contributed by atoms with Crippen LogP contribution < -0.4 is 5.32 Å². The van der Waals surface area contributed by atoms with Gasteiger partial charge in [-0.15, -0.1) is 11.8 Å². The highest BCUT2D eigenvalue weighted by molar-refractivity contribution is 8.00. The van der Waals surface area contributed by atoms with E-state index in [1.54, 1.807) is 0 Å². The van der Waals surface area contributed by atoms with Crippen molar-refractivity contribution in [3.63, 3.8) is 0 Å². The van der Waals surface area contributed by atoms with Crippen LogP contribution in [0.2, 0.25) is 0 Å². The number of hydrogen-bond donors (Lipinski definition) is 1. The van der Waals surface area contributed by atoms with E-state index < -0.39 is 4.92 Å². The summed E-state index contributed by atoms with van der Waals surface area (Å²) in [6.07, 6.45) is 0. The zero-order valence-electron chi connectivity index (χ0n) is 14.1. The molecule has 0 aliphatic heterocycles. The van der Waals surface area contributed by atoms with Crippen molar-refractivity contribution in [1.29, 1.82) is 5.26 Å². The predicted molar refractivity (Wildman–Crippen MR) is 97.8 cm³/mol. The van der Waals surface area contributed by atoms with Crippen LogP contribution in [-0.4, -0.2) is 16.6 Å².